The molecule has 0 fully saturated rings. The maximum Gasteiger partial charge on any atom is 0.471 e. The molecule has 1 amide bonds. The second kappa shape index (κ2) is 9.88. The molecule has 0 heterocycles. The Morgan fingerprint density at radius 3 is 2.65 bits per heavy atom. The molecule has 0 aromatic carbocycles. The van der Waals surface area contributed by atoms with Crippen molar-refractivity contribution in [2.45, 2.75) is 45.8 Å². The number of hydrogen-bond acceptors (Lipinski definition) is 2. The van der Waals surface area contributed by atoms with Crippen LogP contribution in [0.25, 0.3) is 0 Å². The Bertz CT molecular complexity index is 501. The van der Waals surface area contributed by atoms with Gasteiger partial charge < -0.3 is 4.90 Å². The first kappa shape index (κ1) is 21.0. The lowest BCUT2D eigenvalue weighted by molar-refractivity contribution is -0.185. The Morgan fingerprint density at radius 1 is 1.57 bits per heavy atom. The van der Waals surface area contributed by atoms with E-state index in [1.807, 2.05) is 26.8 Å². The zero-order chi connectivity index (χ0) is 18.0. The molecule has 0 bridgehead atoms. The highest BCUT2D eigenvalue weighted by Crippen LogP contribution is 2.25. The lowest BCUT2D eigenvalue weighted by Crippen LogP contribution is -2.47. The number of alkyl halides is 3. The van der Waals surface area contributed by atoms with Crippen molar-refractivity contribution in [2.75, 3.05) is 6.54 Å². The minimum absolute atomic E-state index is 0.282. The van der Waals surface area contributed by atoms with E-state index >= 15 is 0 Å². The number of hydrogen-bond donors (Lipinski definition) is 0. The van der Waals surface area contributed by atoms with E-state index in [9.17, 15) is 23.2 Å². The van der Waals surface area contributed by atoms with E-state index < -0.39 is 18.1 Å². The Morgan fingerprint density at radius 2 is 2.17 bits per heavy atom. The zero-order valence-corrected chi connectivity index (χ0v) is 13.7. The van der Waals surface area contributed by atoms with Gasteiger partial charge in [0.2, 0.25) is 0 Å². The number of allylic oxidation sites excluding steroid dienone is 2. The molecule has 0 aromatic rings. The molecule has 0 radical (unpaired) electrons. The summed E-state index contributed by atoms with van der Waals surface area (Å²) in [5.41, 5.74) is 0.418. The number of carbonyl (C=O) groups is 1. The molecule has 0 spiro atoms. The van der Waals surface area contributed by atoms with Crippen LogP contribution in [0, 0.1) is 17.2 Å². The minimum atomic E-state index is -5.01. The highest BCUT2D eigenvalue weighted by Gasteiger charge is 2.44. The molecule has 2 atom stereocenters. The standard InChI is InChI=1S/C15H17F3N2O.C2H6/c1-3-9-20(14(21)15(16,17)18)13(10-19)12-6-4-5-11(2)7-8-12;1-2/h3,6-8,11,13H,1,4-5,9H2,2H3;1-2H3. The predicted molar refractivity (Wildman–Crippen MR) is 84.3 cm³/mol. The van der Waals surface area contributed by atoms with Crippen LogP contribution in [0.3, 0.4) is 0 Å². The molecule has 3 nitrogen and oxygen atoms in total. The van der Waals surface area contributed by atoms with Gasteiger partial charge in [-0.2, -0.15) is 18.4 Å². The number of nitrogens with zero attached hydrogens (tertiary/aromatic N) is 2. The number of rotatable bonds is 4. The Balaban J connectivity index is 0.00000232. The third kappa shape index (κ3) is 6.31. The van der Waals surface area contributed by atoms with Crippen LogP contribution in [0.4, 0.5) is 13.2 Å². The second-order valence-electron chi connectivity index (χ2n) is 4.89. The van der Waals surface area contributed by atoms with E-state index in [0.717, 1.165) is 6.42 Å². The summed E-state index contributed by atoms with van der Waals surface area (Å²) in [7, 11) is 0. The summed E-state index contributed by atoms with van der Waals surface area (Å²) >= 11 is 0. The van der Waals surface area contributed by atoms with E-state index in [0.29, 0.717) is 16.9 Å². The van der Waals surface area contributed by atoms with Crippen LogP contribution in [0.1, 0.15) is 33.6 Å². The van der Waals surface area contributed by atoms with E-state index in [-0.39, 0.29) is 12.5 Å². The van der Waals surface area contributed by atoms with Gasteiger partial charge >= 0.3 is 12.1 Å². The summed E-state index contributed by atoms with van der Waals surface area (Å²) in [6.07, 6.45) is 2.86. The van der Waals surface area contributed by atoms with Crippen molar-refractivity contribution in [1.29, 1.82) is 5.26 Å². The fourth-order valence-corrected chi connectivity index (χ4v) is 2.09. The van der Waals surface area contributed by atoms with Gasteiger partial charge in [0.1, 0.15) is 6.04 Å². The van der Waals surface area contributed by atoms with Gasteiger partial charge in [0, 0.05) is 6.54 Å². The van der Waals surface area contributed by atoms with Crippen molar-refractivity contribution in [3.8, 4) is 6.07 Å². The monoisotopic (exact) mass is 328 g/mol. The maximum absolute atomic E-state index is 12.7. The van der Waals surface area contributed by atoms with Crippen molar-refractivity contribution in [3.63, 3.8) is 0 Å². The molecule has 128 valence electrons. The first-order valence-corrected chi connectivity index (χ1v) is 7.57. The van der Waals surface area contributed by atoms with Crippen LogP contribution in [-0.4, -0.2) is 29.6 Å². The fourth-order valence-electron chi connectivity index (χ4n) is 2.09. The van der Waals surface area contributed by atoms with E-state index in [1.54, 1.807) is 18.2 Å². The first-order chi connectivity index (χ1) is 10.8. The number of nitriles is 1. The Kier molecular flexibility index (Phi) is 9.01. The Hall–Kier alpha value is -2.03. The summed E-state index contributed by atoms with van der Waals surface area (Å²) in [6.45, 7) is 9.00. The van der Waals surface area contributed by atoms with Crippen molar-refractivity contribution < 1.29 is 18.0 Å². The van der Waals surface area contributed by atoms with Crippen LogP contribution in [0.5, 0.6) is 0 Å². The summed E-state index contributed by atoms with van der Waals surface area (Å²) < 4.78 is 38.0. The molecule has 2 unspecified atom stereocenters. The third-order valence-corrected chi connectivity index (χ3v) is 3.20. The van der Waals surface area contributed by atoms with E-state index in [2.05, 4.69) is 6.58 Å². The third-order valence-electron chi connectivity index (χ3n) is 3.20. The van der Waals surface area contributed by atoms with Gasteiger partial charge in [-0.3, -0.25) is 4.79 Å². The molecule has 23 heavy (non-hydrogen) atoms. The van der Waals surface area contributed by atoms with E-state index in [4.69, 9.17) is 0 Å². The quantitative estimate of drug-likeness (QED) is 0.718. The van der Waals surface area contributed by atoms with Crippen molar-refractivity contribution in [1.82, 2.24) is 4.90 Å². The molecule has 0 saturated carbocycles. The van der Waals surface area contributed by atoms with Gasteiger partial charge in [0.05, 0.1) is 6.07 Å². The highest BCUT2D eigenvalue weighted by atomic mass is 19.4. The van der Waals surface area contributed by atoms with Gasteiger partial charge in [-0.1, -0.05) is 45.1 Å². The molecule has 0 N–H and O–H groups in total. The SMILES string of the molecule is C=CCN(C(=O)C(F)(F)F)C(C#N)C1=CCCC(C)C=C1.CC. The smallest absolute Gasteiger partial charge is 0.311 e. The largest absolute Gasteiger partial charge is 0.471 e. The van der Waals surface area contributed by atoms with Crippen molar-refractivity contribution >= 4 is 5.91 Å². The van der Waals surface area contributed by atoms with Crippen LogP contribution >= 0.6 is 0 Å². The summed E-state index contributed by atoms with van der Waals surface area (Å²) in [6, 6.07) is 0.525. The van der Waals surface area contributed by atoms with Crippen LogP contribution in [0.2, 0.25) is 0 Å². The normalized spacial score (nSPS) is 18.5. The van der Waals surface area contributed by atoms with Crippen LogP contribution < -0.4 is 0 Å². The van der Waals surface area contributed by atoms with Crippen LogP contribution in [0.15, 0.2) is 36.5 Å². The molecule has 0 aromatic heterocycles. The topological polar surface area (TPSA) is 44.1 Å². The molecule has 1 rings (SSSR count). The molecule has 0 aliphatic heterocycles. The first-order valence-electron chi connectivity index (χ1n) is 7.57. The fraction of sp³-hybridized carbons (Fsp3) is 0.529. The van der Waals surface area contributed by atoms with E-state index in [1.165, 1.54) is 6.08 Å². The summed E-state index contributed by atoms with van der Waals surface area (Å²) in [5.74, 6) is -1.75. The number of carbonyl (C=O) groups excluding carboxylic acids is 1. The minimum Gasteiger partial charge on any atom is -0.311 e. The summed E-state index contributed by atoms with van der Waals surface area (Å²) in [4.78, 5) is 12.0. The van der Waals surface area contributed by atoms with Crippen LogP contribution in [-0.2, 0) is 4.79 Å². The van der Waals surface area contributed by atoms with Crippen molar-refractivity contribution in [3.05, 3.63) is 36.5 Å². The average molecular weight is 328 g/mol. The molecule has 1 aliphatic carbocycles. The number of amides is 1. The Labute approximate surface area is 135 Å². The molecule has 0 saturated heterocycles. The lowest BCUT2D eigenvalue weighted by Gasteiger charge is -2.27. The molecular weight excluding hydrogens is 305 g/mol. The molecule has 1 aliphatic rings. The number of halogens is 3. The molecular formula is C17H23F3N2O. The summed E-state index contributed by atoms with van der Waals surface area (Å²) in [5, 5.41) is 9.23. The van der Waals surface area contributed by atoms with Gasteiger partial charge in [-0.05, 0) is 24.3 Å². The van der Waals surface area contributed by atoms with Gasteiger partial charge in [-0.15, -0.1) is 6.58 Å². The second-order valence-corrected chi connectivity index (χ2v) is 4.89. The van der Waals surface area contributed by atoms with Gasteiger partial charge in [0.25, 0.3) is 0 Å². The zero-order valence-electron chi connectivity index (χ0n) is 13.7. The maximum atomic E-state index is 12.7. The van der Waals surface area contributed by atoms with Gasteiger partial charge in [-0.25, -0.2) is 0 Å². The predicted octanol–water partition coefficient (Wildman–Crippen LogP) is 4.39. The highest BCUT2D eigenvalue weighted by molar-refractivity contribution is 5.83. The van der Waals surface area contributed by atoms with Crippen molar-refractivity contribution in [2.24, 2.45) is 5.92 Å². The van der Waals surface area contributed by atoms with Gasteiger partial charge in [0.15, 0.2) is 0 Å². The lowest BCUT2D eigenvalue weighted by atomic mass is 10.1. The molecule has 6 heteroatoms. The average Bonchev–Trinajstić information content (AvgIpc) is 2.72.